The molecule has 1 aliphatic rings. The zero-order valence-corrected chi connectivity index (χ0v) is 6.14. The van der Waals surface area contributed by atoms with Crippen LogP contribution in [0, 0.1) is 0 Å². The normalized spacial score (nSPS) is 18.8. The molecule has 0 unspecified atom stereocenters. The van der Waals surface area contributed by atoms with Crippen molar-refractivity contribution >= 4 is 0 Å². The summed E-state index contributed by atoms with van der Waals surface area (Å²) >= 11 is 0. The maximum absolute atomic E-state index is 3.91. The highest BCUT2D eigenvalue weighted by atomic mass is 14.0. The van der Waals surface area contributed by atoms with E-state index in [0.29, 0.717) is 0 Å². The Morgan fingerprint density at radius 2 is 1.50 bits per heavy atom. The first-order valence-electron chi connectivity index (χ1n) is 3.47. The van der Waals surface area contributed by atoms with Crippen LogP contribution < -0.4 is 0 Å². The van der Waals surface area contributed by atoms with Crippen molar-refractivity contribution in [2.24, 2.45) is 0 Å². The Morgan fingerprint density at radius 3 is 2.00 bits per heavy atom. The Kier molecular flexibility index (Phi) is 2.27. The van der Waals surface area contributed by atoms with E-state index in [-0.39, 0.29) is 0 Å². The second-order valence-electron chi connectivity index (χ2n) is 2.54. The maximum Gasteiger partial charge on any atom is -0.0135 e. The summed E-state index contributed by atoms with van der Waals surface area (Å²) in [6, 6.07) is 0. The molecule has 0 aromatic heterocycles. The van der Waals surface area contributed by atoms with Crippen molar-refractivity contribution in [2.75, 3.05) is 0 Å². The van der Waals surface area contributed by atoms with Gasteiger partial charge in [0, 0.05) is 0 Å². The molecule has 0 aromatic rings. The molecule has 0 aliphatic heterocycles. The SMILES string of the molecule is C=C1C=CCC(=C)CC=C1. The molecule has 0 atom stereocenters. The summed E-state index contributed by atoms with van der Waals surface area (Å²) in [7, 11) is 0. The van der Waals surface area contributed by atoms with E-state index in [1.807, 2.05) is 12.2 Å². The van der Waals surface area contributed by atoms with E-state index in [4.69, 9.17) is 0 Å². The second-order valence-corrected chi connectivity index (χ2v) is 2.54. The average molecular weight is 132 g/mol. The molecular formula is C10H12. The molecule has 0 fully saturated rings. The molecule has 0 heteroatoms. The van der Waals surface area contributed by atoms with Gasteiger partial charge in [-0.2, -0.15) is 0 Å². The molecule has 0 amide bonds. The van der Waals surface area contributed by atoms with Crippen molar-refractivity contribution in [3.05, 3.63) is 48.6 Å². The molecular weight excluding hydrogens is 120 g/mol. The quantitative estimate of drug-likeness (QED) is 0.444. The van der Waals surface area contributed by atoms with Crippen LogP contribution in [-0.2, 0) is 0 Å². The molecule has 0 spiro atoms. The molecule has 0 nitrogen and oxygen atoms in total. The molecule has 0 N–H and O–H groups in total. The summed E-state index contributed by atoms with van der Waals surface area (Å²) in [6.07, 6.45) is 10.2. The van der Waals surface area contributed by atoms with Crippen molar-refractivity contribution in [3.63, 3.8) is 0 Å². The monoisotopic (exact) mass is 132 g/mol. The third kappa shape index (κ3) is 2.06. The summed E-state index contributed by atoms with van der Waals surface area (Å²) < 4.78 is 0. The molecule has 0 bridgehead atoms. The Bertz CT molecular complexity index is 184. The van der Waals surface area contributed by atoms with Gasteiger partial charge in [0.1, 0.15) is 0 Å². The third-order valence-corrected chi connectivity index (χ3v) is 1.48. The molecule has 52 valence electrons. The van der Waals surface area contributed by atoms with Crippen LogP contribution in [0.5, 0.6) is 0 Å². The van der Waals surface area contributed by atoms with Gasteiger partial charge in [-0.05, 0) is 18.4 Å². The van der Waals surface area contributed by atoms with Crippen LogP contribution in [0.4, 0.5) is 0 Å². The van der Waals surface area contributed by atoms with Crippen molar-refractivity contribution in [3.8, 4) is 0 Å². The zero-order valence-electron chi connectivity index (χ0n) is 6.14. The van der Waals surface area contributed by atoms with Crippen molar-refractivity contribution in [2.45, 2.75) is 12.8 Å². The lowest BCUT2D eigenvalue weighted by Gasteiger charge is -2.00. The minimum Gasteiger partial charge on any atom is -0.0992 e. The van der Waals surface area contributed by atoms with Crippen LogP contribution in [0.3, 0.4) is 0 Å². The molecule has 1 rings (SSSR count). The molecule has 10 heavy (non-hydrogen) atoms. The Balaban J connectivity index is 2.67. The number of allylic oxidation sites excluding steroid dienone is 6. The lowest BCUT2D eigenvalue weighted by molar-refractivity contribution is 1.11. The largest absolute Gasteiger partial charge is 0.0992 e. The predicted molar refractivity (Wildman–Crippen MR) is 45.8 cm³/mol. The molecule has 0 heterocycles. The van der Waals surface area contributed by atoms with E-state index >= 15 is 0 Å². The summed E-state index contributed by atoms with van der Waals surface area (Å²) in [5, 5.41) is 0. The highest BCUT2D eigenvalue weighted by Gasteiger charge is 1.91. The smallest absolute Gasteiger partial charge is 0.0135 e. The first kappa shape index (κ1) is 7.07. The first-order valence-corrected chi connectivity index (χ1v) is 3.47. The molecule has 0 radical (unpaired) electrons. The van der Waals surface area contributed by atoms with Crippen molar-refractivity contribution in [1.29, 1.82) is 0 Å². The summed E-state index contributed by atoms with van der Waals surface area (Å²) in [5.41, 5.74) is 2.34. The van der Waals surface area contributed by atoms with Gasteiger partial charge >= 0.3 is 0 Å². The highest BCUT2D eigenvalue weighted by Crippen LogP contribution is 2.11. The summed E-state index contributed by atoms with van der Waals surface area (Å²) in [5.74, 6) is 0. The van der Waals surface area contributed by atoms with Crippen LogP contribution in [-0.4, -0.2) is 0 Å². The summed E-state index contributed by atoms with van der Waals surface area (Å²) in [4.78, 5) is 0. The minimum atomic E-state index is 0.989. The van der Waals surface area contributed by atoms with Crippen LogP contribution in [0.15, 0.2) is 48.6 Å². The zero-order chi connectivity index (χ0) is 7.40. The predicted octanol–water partition coefficient (Wildman–Crippen LogP) is 3.01. The van der Waals surface area contributed by atoms with Crippen molar-refractivity contribution < 1.29 is 0 Å². The van der Waals surface area contributed by atoms with E-state index in [2.05, 4.69) is 25.3 Å². The molecule has 0 aromatic carbocycles. The Morgan fingerprint density at radius 1 is 1.00 bits per heavy atom. The lowest BCUT2D eigenvalue weighted by Crippen LogP contribution is -1.80. The van der Waals surface area contributed by atoms with E-state index in [1.165, 1.54) is 5.57 Å². The first-order chi connectivity index (χ1) is 4.79. The molecule has 0 saturated heterocycles. The van der Waals surface area contributed by atoms with E-state index < -0.39 is 0 Å². The van der Waals surface area contributed by atoms with E-state index in [0.717, 1.165) is 18.4 Å². The number of hydrogen-bond donors (Lipinski definition) is 0. The van der Waals surface area contributed by atoms with Crippen LogP contribution in [0.2, 0.25) is 0 Å². The average Bonchev–Trinajstić information content (AvgIpc) is 1.84. The minimum absolute atomic E-state index is 0.989. The molecule has 0 saturated carbocycles. The lowest BCUT2D eigenvalue weighted by atomic mass is 10.1. The maximum atomic E-state index is 3.91. The van der Waals surface area contributed by atoms with E-state index in [1.54, 1.807) is 0 Å². The molecule has 1 aliphatic carbocycles. The fraction of sp³-hybridized carbons (Fsp3) is 0.200. The highest BCUT2D eigenvalue weighted by molar-refractivity contribution is 5.30. The van der Waals surface area contributed by atoms with Gasteiger partial charge in [-0.25, -0.2) is 0 Å². The van der Waals surface area contributed by atoms with Crippen LogP contribution in [0.1, 0.15) is 12.8 Å². The Hall–Kier alpha value is -1.04. The van der Waals surface area contributed by atoms with Crippen molar-refractivity contribution in [1.82, 2.24) is 0 Å². The topological polar surface area (TPSA) is 0 Å². The number of rotatable bonds is 0. The fourth-order valence-corrected chi connectivity index (χ4v) is 0.893. The Labute approximate surface area is 62.3 Å². The van der Waals surface area contributed by atoms with Crippen LogP contribution in [0.25, 0.3) is 0 Å². The van der Waals surface area contributed by atoms with Gasteiger partial charge in [-0.3, -0.25) is 0 Å². The van der Waals surface area contributed by atoms with Crippen LogP contribution >= 0.6 is 0 Å². The standard InChI is InChI=1S/C10H12/c1-9-5-3-7-10(2)8-4-6-9/h3-6H,1-2,7-8H2. The van der Waals surface area contributed by atoms with Gasteiger partial charge in [0.2, 0.25) is 0 Å². The van der Waals surface area contributed by atoms with Gasteiger partial charge in [0.05, 0.1) is 0 Å². The fourth-order valence-electron chi connectivity index (χ4n) is 0.893. The third-order valence-electron chi connectivity index (χ3n) is 1.48. The second kappa shape index (κ2) is 3.21. The van der Waals surface area contributed by atoms with Gasteiger partial charge in [0.25, 0.3) is 0 Å². The number of hydrogen-bond acceptors (Lipinski definition) is 0. The van der Waals surface area contributed by atoms with E-state index in [9.17, 15) is 0 Å². The summed E-state index contributed by atoms with van der Waals surface area (Å²) in [6.45, 7) is 7.75. The van der Waals surface area contributed by atoms with Gasteiger partial charge < -0.3 is 0 Å². The van der Waals surface area contributed by atoms with Gasteiger partial charge in [-0.1, -0.05) is 43.0 Å². The van der Waals surface area contributed by atoms with Gasteiger partial charge in [-0.15, -0.1) is 0 Å². The van der Waals surface area contributed by atoms with Gasteiger partial charge in [0.15, 0.2) is 0 Å².